The van der Waals surface area contributed by atoms with Gasteiger partial charge in [-0.15, -0.1) is 0 Å². The van der Waals surface area contributed by atoms with Crippen LogP contribution in [0.3, 0.4) is 0 Å². The molecule has 1 saturated heterocycles. The maximum atomic E-state index is 14.2. The second-order valence-corrected chi connectivity index (χ2v) is 8.24. The summed E-state index contributed by atoms with van der Waals surface area (Å²) in [6, 6.07) is 10.1. The first-order chi connectivity index (χ1) is 14.8. The Labute approximate surface area is 180 Å². The van der Waals surface area contributed by atoms with Gasteiger partial charge < -0.3 is 20.9 Å². The third-order valence-electron chi connectivity index (χ3n) is 5.61. The summed E-state index contributed by atoms with van der Waals surface area (Å²) in [5.41, 5.74) is 1.70. The van der Waals surface area contributed by atoms with Gasteiger partial charge in [-0.1, -0.05) is 24.3 Å². The van der Waals surface area contributed by atoms with Crippen LogP contribution in [0.1, 0.15) is 37.0 Å². The molecule has 31 heavy (non-hydrogen) atoms. The van der Waals surface area contributed by atoms with Crippen LogP contribution in [-0.2, 0) is 4.79 Å². The van der Waals surface area contributed by atoms with Gasteiger partial charge in [-0.3, -0.25) is 9.59 Å². The molecule has 7 nitrogen and oxygen atoms in total. The Bertz CT molecular complexity index is 1040. The molecule has 4 rings (SSSR count). The number of piperidine rings is 1. The molecule has 3 N–H and O–H groups in total. The van der Waals surface area contributed by atoms with Gasteiger partial charge in [-0.25, -0.2) is 9.18 Å². The van der Waals surface area contributed by atoms with E-state index in [1.807, 2.05) is 13.8 Å². The number of fused-ring (bicyclic) bond motifs is 2. The number of hydrogen-bond acceptors (Lipinski definition) is 3. The van der Waals surface area contributed by atoms with E-state index in [1.54, 1.807) is 41.3 Å². The molecule has 0 radical (unpaired) electrons. The smallest absolute Gasteiger partial charge is 0.315 e. The molecule has 2 aliphatic heterocycles. The van der Waals surface area contributed by atoms with Crippen molar-refractivity contribution >= 4 is 23.5 Å². The van der Waals surface area contributed by atoms with Gasteiger partial charge in [0.25, 0.3) is 5.91 Å². The number of amides is 4. The summed E-state index contributed by atoms with van der Waals surface area (Å²) < 4.78 is 14.2. The Morgan fingerprint density at radius 2 is 1.94 bits per heavy atom. The average Bonchev–Trinajstić information content (AvgIpc) is 2.82. The molecule has 0 aliphatic carbocycles. The number of nitrogens with one attached hydrogen (secondary N) is 3. The Kier molecular flexibility index (Phi) is 5.63. The number of nitrogens with zero attached hydrogens (tertiary/aromatic N) is 1. The zero-order valence-electron chi connectivity index (χ0n) is 17.4. The van der Waals surface area contributed by atoms with E-state index in [0.29, 0.717) is 41.8 Å². The van der Waals surface area contributed by atoms with Gasteiger partial charge in [0, 0.05) is 24.2 Å². The zero-order chi connectivity index (χ0) is 22.1. The molecule has 0 unspecified atom stereocenters. The lowest BCUT2D eigenvalue weighted by molar-refractivity contribution is -0.121. The standard InChI is InChI=1S/C23H25FN4O3/c1-13(2)25-23(31)26-15-9-10-28-20(12-15)21(29)27-19-8-7-14(11-17(19)22(28)30)16-5-3-4-6-18(16)24/h3-8,11,13,15,20H,9-10,12H2,1-2H3,(H,27,29)(H2,25,26,31)/t15-,20+/m1/s1. The Hall–Kier alpha value is -3.42. The zero-order valence-corrected chi connectivity index (χ0v) is 17.4. The highest BCUT2D eigenvalue weighted by Gasteiger charge is 2.40. The molecular formula is C23H25FN4O3. The minimum absolute atomic E-state index is 0.000919. The summed E-state index contributed by atoms with van der Waals surface area (Å²) >= 11 is 0. The van der Waals surface area contributed by atoms with Gasteiger partial charge in [-0.2, -0.15) is 0 Å². The van der Waals surface area contributed by atoms with Crippen molar-refractivity contribution in [3.05, 3.63) is 53.8 Å². The summed E-state index contributed by atoms with van der Waals surface area (Å²) in [7, 11) is 0. The fraction of sp³-hybridized carbons (Fsp3) is 0.348. The Morgan fingerprint density at radius 1 is 1.16 bits per heavy atom. The van der Waals surface area contributed by atoms with E-state index in [0.717, 1.165) is 0 Å². The van der Waals surface area contributed by atoms with Crippen LogP contribution in [0.2, 0.25) is 0 Å². The van der Waals surface area contributed by atoms with Crippen LogP contribution in [0.25, 0.3) is 11.1 Å². The van der Waals surface area contributed by atoms with Crippen LogP contribution < -0.4 is 16.0 Å². The van der Waals surface area contributed by atoms with Crippen LogP contribution in [-0.4, -0.2) is 47.4 Å². The van der Waals surface area contributed by atoms with Gasteiger partial charge in [0.15, 0.2) is 0 Å². The summed E-state index contributed by atoms with van der Waals surface area (Å²) in [4.78, 5) is 39.8. The first-order valence-corrected chi connectivity index (χ1v) is 10.4. The van der Waals surface area contributed by atoms with Gasteiger partial charge in [-0.05, 0) is 50.5 Å². The third kappa shape index (κ3) is 4.23. The summed E-state index contributed by atoms with van der Waals surface area (Å²) in [5, 5.41) is 8.49. The van der Waals surface area contributed by atoms with Crippen molar-refractivity contribution in [1.29, 1.82) is 0 Å². The lowest BCUT2D eigenvalue weighted by Gasteiger charge is -2.37. The molecule has 2 aromatic rings. The first kappa shape index (κ1) is 20.8. The highest BCUT2D eigenvalue weighted by molar-refractivity contribution is 6.10. The molecule has 0 saturated carbocycles. The van der Waals surface area contributed by atoms with E-state index in [-0.39, 0.29) is 35.7 Å². The van der Waals surface area contributed by atoms with Crippen LogP contribution in [0.4, 0.5) is 14.9 Å². The van der Waals surface area contributed by atoms with E-state index in [1.165, 1.54) is 6.07 Å². The van der Waals surface area contributed by atoms with Crippen molar-refractivity contribution in [2.45, 2.75) is 44.8 Å². The predicted molar refractivity (Wildman–Crippen MR) is 115 cm³/mol. The molecular weight excluding hydrogens is 399 g/mol. The van der Waals surface area contributed by atoms with Crippen LogP contribution in [0.5, 0.6) is 0 Å². The number of hydrogen-bond donors (Lipinski definition) is 3. The second kappa shape index (κ2) is 8.37. The van der Waals surface area contributed by atoms with Crippen LogP contribution >= 0.6 is 0 Å². The first-order valence-electron chi connectivity index (χ1n) is 10.4. The molecule has 1 fully saturated rings. The topological polar surface area (TPSA) is 90.5 Å². The van der Waals surface area contributed by atoms with E-state index in [4.69, 9.17) is 0 Å². The van der Waals surface area contributed by atoms with Crippen LogP contribution in [0, 0.1) is 5.82 Å². The number of benzene rings is 2. The SMILES string of the molecule is CC(C)NC(=O)N[C@@H]1CCN2C(=O)c3cc(-c4ccccc4F)ccc3NC(=O)[C@@H]2C1. The number of halogens is 1. The second-order valence-electron chi connectivity index (χ2n) is 8.24. The molecule has 162 valence electrons. The lowest BCUT2D eigenvalue weighted by Crippen LogP contribution is -2.56. The summed E-state index contributed by atoms with van der Waals surface area (Å²) in [6.45, 7) is 4.08. The van der Waals surface area contributed by atoms with Crippen molar-refractivity contribution in [1.82, 2.24) is 15.5 Å². The van der Waals surface area contributed by atoms with Crippen molar-refractivity contribution in [3.63, 3.8) is 0 Å². The minimum Gasteiger partial charge on any atom is -0.336 e. The van der Waals surface area contributed by atoms with E-state index < -0.39 is 6.04 Å². The molecule has 0 spiro atoms. The fourth-order valence-corrected chi connectivity index (χ4v) is 4.14. The quantitative estimate of drug-likeness (QED) is 0.707. The molecule has 2 aromatic carbocycles. The molecule has 2 heterocycles. The van der Waals surface area contributed by atoms with E-state index in [9.17, 15) is 18.8 Å². The number of carbonyl (C=O) groups excluding carboxylic acids is 3. The number of urea groups is 1. The molecule has 2 atom stereocenters. The highest BCUT2D eigenvalue weighted by Crippen LogP contribution is 2.32. The van der Waals surface area contributed by atoms with Crippen LogP contribution in [0.15, 0.2) is 42.5 Å². The van der Waals surface area contributed by atoms with Crippen molar-refractivity contribution in [2.24, 2.45) is 0 Å². The predicted octanol–water partition coefficient (Wildman–Crippen LogP) is 3.13. The maximum Gasteiger partial charge on any atom is 0.315 e. The number of anilines is 1. The molecule has 8 heteroatoms. The fourth-order valence-electron chi connectivity index (χ4n) is 4.14. The minimum atomic E-state index is -0.685. The van der Waals surface area contributed by atoms with Gasteiger partial charge in [0.1, 0.15) is 11.9 Å². The Balaban J connectivity index is 1.58. The van der Waals surface area contributed by atoms with Crippen molar-refractivity contribution in [2.75, 3.05) is 11.9 Å². The number of rotatable bonds is 3. The normalized spacial score (nSPS) is 20.5. The summed E-state index contributed by atoms with van der Waals surface area (Å²) in [6.07, 6.45) is 0.876. The van der Waals surface area contributed by atoms with E-state index >= 15 is 0 Å². The molecule has 2 aliphatic rings. The number of carbonyl (C=O) groups is 3. The van der Waals surface area contributed by atoms with Gasteiger partial charge in [0.05, 0.1) is 11.3 Å². The third-order valence-corrected chi connectivity index (χ3v) is 5.61. The monoisotopic (exact) mass is 424 g/mol. The maximum absolute atomic E-state index is 14.2. The average molecular weight is 424 g/mol. The summed E-state index contributed by atoms with van der Waals surface area (Å²) in [5.74, 6) is -0.944. The van der Waals surface area contributed by atoms with Gasteiger partial charge >= 0.3 is 6.03 Å². The van der Waals surface area contributed by atoms with Gasteiger partial charge in [0.2, 0.25) is 5.91 Å². The van der Waals surface area contributed by atoms with Crippen molar-refractivity contribution in [3.8, 4) is 11.1 Å². The van der Waals surface area contributed by atoms with Crippen molar-refractivity contribution < 1.29 is 18.8 Å². The molecule has 4 amide bonds. The van der Waals surface area contributed by atoms with E-state index in [2.05, 4.69) is 16.0 Å². The molecule has 0 aromatic heterocycles. The Morgan fingerprint density at radius 3 is 2.68 bits per heavy atom. The molecule has 0 bridgehead atoms. The largest absolute Gasteiger partial charge is 0.336 e. The highest BCUT2D eigenvalue weighted by atomic mass is 19.1. The lowest BCUT2D eigenvalue weighted by atomic mass is 9.96.